The number of amides is 1. The van der Waals surface area contributed by atoms with Crippen molar-refractivity contribution in [2.24, 2.45) is 5.92 Å². The van der Waals surface area contributed by atoms with Crippen LogP contribution >= 0.6 is 0 Å². The molecule has 1 aliphatic heterocycles. The Morgan fingerprint density at radius 1 is 1.03 bits per heavy atom. The summed E-state index contributed by atoms with van der Waals surface area (Å²) in [6.45, 7) is 10.9. The Bertz CT molecular complexity index is 845. The molecule has 5 nitrogen and oxygen atoms in total. The van der Waals surface area contributed by atoms with Crippen LogP contribution < -0.4 is 5.32 Å². The fourth-order valence-corrected chi connectivity index (χ4v) is 4.74. The largest absolute Gasteiger partial charge is 0.383 e. The van der Waals surface area contributed by atoms with Gasteiger partial charge in [0.15, 0.2) is 0 Å². The van der Waals surface area contributed by atoms with Gasteiger partial charge in [-0.3, -0.25) is 4.79 Å². The highest BCUT2D eigenvalue weighted by Gasteiger charge is 2.27. The summed E-state index contributed by atoms with van der Waals surface area (Å²) in [4.78, 5) is 15.3. The number of likely N-dealkylation sites (N-methyl/N-ethyl adjacent to an activating group) is 1. The molecule has 0 saturated carbocycles. The number of methoxy groups -OCH3 is 1. The van der Waals surface area contributed by atoms with Crippen LogP contribution in [0.4, 0.5) is 0 Å². The molecule has 5 heteroatoms. The molecular weight excluding hydrogens is 424 g/mol. The number of hydrogen-bond donors (Lipinski definition) is 1. The lowest BCUT2D eigenvalue weighted by Crippen LogP contribution is -2.38. The van der Waals surface area contributed by atoms with Crippen molar-refractivity contribution >= 4 is 5.91 Å². The standard InChI is InChI=1S/C29H42N2O3/c1-5-30-29(32)27(21-22(2)3)34-28(25-9-7-6-8-10-25)26-13-11-23(12-14-26)24-15-17-31(18-16-24)19-20-33-4/h6-14,22,24,27-28H,5,15-21H2,1-4H3,(H,30,32)/t27-,28?/m0/s1. The number of likely N-dealkylation sites (tertiary alicyclic amines) is 1. The Kier molecular flexibility index (Phi) is 10.6. The molecule has 2 aromatic rings. The molecule has 0 spiro atoms. The number of benzene rings is 2. The van der Waals surface area contributed by atoms with E-state index in [1.807, 2.05) is 25.1 Å². The third kappa shape index (κ3) is 7.66. The maximum Gasteiger partial charge on any atom is 0.249 e. The maximum absolute atomic E-state index is 12.8. The zero-order valence-corrected chi connectivity index (χ0v) is 21.3. The number of carbonyl (C=O) groups excluding carboxylic acids is 1. The molecule has 34 heavy (non-hydrogen) atoms. The van der Waals surface area contributed by atoms with Crippen LogP contribution in [0.3, 0.4) is 0 Å². The van der Waals surface area contributed by atoms with Crippen molar-refractivity contribution in [2.45, 2.75) is 58.2 Å². The molecule has 0 radical (unpaired) electrons. The van der Waals surface area contributed by atoms with Gasteiger partial charge in [0.25, 0.3) is 0 Å². The summed E-state index contributed by atoms with van der Waals surface area (Å²) in [5.41, 5.74) is 3.55. The smallest absolute Gasteiger partial charge is 0.249 e. The molecule has 1 unspecified atom stereocenters. The van der Waals surface area contributed by atoms with Gasteiger partial charge in [0.05, 0.1) is 6.61 Å². The number of piperidine rings is 1. The Hall–Kier alpha value is -2.21. The summed E-state index contributed by atoms with van der Waals surface area (Å²) in [5, 5.41) is 2.95. The van der Waals surface area contributed by atoms with Gasteiger partial charge in [-0.1, -0.05) is 68.4 Å². The van der Waals surface area contributed by atoms with Gasteiger partial charge in [-0.05, 0) is 67.8 Å². The van der Waals surface area contributed by atoms with Gasteiger partial charge in [0.2, 0.25) is 5.91 Å². The summed E-state index contributed by atoms with van der Waals surface area (Å²) < 4.78 is 11.8. The van der Waals surface area contributed by atoms with Crippen LogP contribution in [0, 0.1) is 5.92 Å². The quantitative estimate of drug-likeness (QED) is 0.469. The van der Waals surface area contributed by atoms with Crippen molar-refractivity contribution in [3.63, 3.8) is 0 Å². The summed E-state index contributed by atoms with van der Waals surface area (Å²) in [7, 11) is 1.77. The third-order valence-corrected chi connectivity index (χ3v) is 6.64. The van der Waals surface area contributed by atoms with Crippen LogP contribution in [0.2, 0.25) is 0 Å². The van der Waals surface area contributed by atoms with Gasteiger partial charge < -0.3 is 19.7 Å². The van der Waals surface area contributed by atoms with E-state index in [1.165, 1.54) is 18.4 Å². The first-order valence-corrected chi connectivity index (χ1v) is 12.8. The number of nitrogens with zero attached hydrogens (tertiary/aromatic N) is 1. The number of ether oxygens (including phenoxy) is 2. The maximum atomic E-state index is 12.8. The van der Waals surface area contributed by atoms with Crippen molar-refractivity contribution in [1.29, 1.82) is 0 Å². The van der Waals surface area contributed by atoms with Crippen LogP contribution in [0.1, 0.15) is 68.7 Å². The van der Waals surface area contributed by atoms with Crippen molar-refractivity contribution < 1.29 is 14.3 Å². The zero-order valence-electron chi connectivity index (χ0n) is 21.3. The molecule has 1 heterocycles. The Labute approximate surface area is 205 Å². The first-order valence-electron chi connectivity index (χ1n) is 12.8. The van der Waals surface area contributed by atoms with Gasteiger partial charge in [0, 0.05) is 20.2 Å². The minimum absolute atomic E-state index is 0.0333. The molecule has 3 rings (SSSR count). The van der Waals surface area contributed by atoms with E-state index in [0.717, 1.165) is 37.4 Å². The molecule has 186 valence electrons. The first-order chi connectivity index (χ1) is 16.5. The van der Waals surface area contributed by atoms with Gasteiger partial charge in [-0.15, -0.1) is 0 Å². The van der Waals surface area contributed by atoms with Crippen molar-refractivity contribution in [1.82, 2.24) is 10.2 Å². The molecular formula is C29H42N2O3. The Balaban J connectivity index is 1.76. The zero-order chi connectivity index (χ0) is 24.3. The molecule has 0 bridgehead atoms. The monoisotopic (exact) mass is 466 g/mol. The number of hydrogen-bond acceptors (Lipinski definition) is 4. The molecule has 1 fully saturated rings. The second kappa shape index (κ2) is 13.6. The Morgan fingerprint density at radius 2 is 1.68 bits per heavy atom. The van der Waals surface area contributed by atoms with Crippen molar-refractivity contribution in [3.05, 3.63) is 71.3 Å². The predicted molar refractivity (Wildman–Crippen MR) is 138 cm³/mol. The number of carbonyl (C=O) groups is 1. The Morgan fingerprint density at radius 3 is 2.26 bits per heavy atom. The SMILES string of the molecule is CCNC(=O)[C@H](CC(C)C)OC(c1ccccc1)c1ccc(C2CCN(CCOC)CC2)cc1. The van der Waals surface area contributed by atoms with E-state index in [0.29, 0.717) is 24.8 Å². The molecule has 1 N–H and O–H groups in total. The summed E-state index contributed by atoms with van der Waals surface area (Å²) >= 11 is 0. The second-order valence-electron chi connectivity index (χ2n) is 9.71. The highest BCUT2D eigenvalue weighted by atomic mass is 16.5. The average molecular weight is 467 g/mol. The number of rotatable bonds is 12. The fraction of sp³-hybridized carbons (Fsp3) is 0.552. The molecule has 1 saturated heterocycles. The molecule has 0 aliphatic carbocycles. The predicted octanol–water partition coefficient (Wildman–Crippen LogP) is 5.17. The topological polar surface area (TPSA) is 50.8 Å². The van der Waals surface area contributed by atoms with Gasteiger partial charge >= 0.3 is 0 Å². The van der Waals surface area contributed by atoms with Crippen LogP contribution in [-0.2, 0) is 14.3 Å². The average Bonchev–Trinajstić information content (AvgIpc) is 2.86. The molecule has 0 aromatic heterocycles. The van der Waals surface area contributed by atoms with E-state index in [-0.39, 0.29) is 12.0 Å². The van der Waals surface area contributed by atoms with Crippen molar-refractivity contribution in [3.8, 4) is 0 Å². The van der Waals surface area contributed by atoms with Gasteiger partial charge in [-0.2, -0.15) is 0 Å². The fourth-order valence-electron chi connectivity index (χ4n) is 4.74. The highest BCUT2D eigenvalue weighted by molar-refractivity contribution is 5.80. The first kappa shape index (κ1) is 26.4. The van der Waals surface area contributed by atoms with E-state index in [9.17, 15) is 4.79 Å². The van der Waals surface area contributed by atoms with E-state index in [4.69, 9.17) is 9.47 Å². The van der Waals surface area contributed by atoms with Crippen LogP contribution in [0.15, 0.2) is 54.6 Å². The summed E-state index contributed by atoms with van der Waals surface area (Å²) in [5.74, 6) is 0.920. The lowest BCUT2D eigenvalue weighted by molar-refractivity contribution is -0.136. The third-order valence-electron chi connectivity index (χ3n) is 6.64. The van der Waals surface area contributed by atoms with E-state index in [2.05, 4.69) is 60.5 Å². The molecule has 2 aromatic carbocycles. The van der Waals surface area contributed by atoms with Crippen molar-refractivity contribution in [2.75, 3.05) is 39.9 Å². The molecule has 1 amide bonds. The molecule has 2 atom stereocenters. The normalized spacial score (nSPS) is 17.0. The minimum atomic E-state index is -0.485. The van der Waals surface area contributed by atoms with E-state index in [1.54, 1.807) is 7.11 Å². The number of nitrogens with one attached hydrogen (secondary N) is 1. The second-order valence-corrected chi connectivity index (χ2v) is 9.71. The van der Waals surface area contributed by atoms with Crippen LogP contribution in [0.5, 0.6) is 0 Å². The molecule has 1 aliphatic rings. The summed E-state index contributed by atoms with van der Waals surface area (Å²) in [6.07, 6.45) is 2.28. The van der Waals surface area contributed by atoms with Gasteiger partial charge in [0.1, 0.15) is 12.2 Å². The minimum Gasteiger partial charge on any atom is -0.383 e. The van der Waals surface area contributed by atoms with Gasteiger partial charge in [-0.25, -0.2) is 0 Å². The lowest BCUT2D eigenvalue weighted by atomic mass is 9.88. The van der Waals surface area contributed by atoms with Crippen LogP contribution in [-0.4, -0.2) is 56.8 Å². The highest BCUT2D eigenvalue weighted by Crippen LogP contribution is 2.32. The van der Waals surface area contributed by atoms with Crippen LogP contribution in [0.25, 0.3) is 0 Å². The van der Waals surface area contributed by atoms with E-state index >= 15 is 0 Å². The van der Waals surface area contributed by atoms with E-state index < -0.39 is 6.10 Å². The lowest BCUT2D eigenvalue weighted by Gasteiger charge is -2.32. The summed E-state index contributed by atoms with van der Waals surface area (Å²) in [6, 6.07) is 19.1.